The molecule has 2 rings (SSSR count). The Hall–Kier alpha value is -3.12. The monoisotopic (exact) mass is 373 g/mol. The third-order valence-corrected chi connectivity index (χ3v) is 4.47. The molecule has 0 spiro atoms. The van der Waals surface area contributed by atoms with Crippen LogP contribution >= 0.6 is 0 Å². The van der Waals surface area contributed by atoms with Gasteiger partial charge in [0.1, 0.15) is 0 Å². The van der Waals surface area contributed by atoms with Crippen molar-refractivity contribution in [3.05, 3.63) is 90.0 Å². The second-order valence-corrected chi connectivity index (χ2v) is 6.60. The van der Waals surface area contributed by atoms with Crippen molar-refractivity contribution in [2.75, 3.05) is 6.61 Å². The van der Waals surface area contributed by atoms with E-state index in [1.54, 1.807) is 13.0 Å². The van der Waals surface area contributed by atoms with Gasteiger partial charge in [-0.25, -0.2) is 4.79 Å². The van der Waals surface area contributed by atoms with Gasteiger partial charge in [-0.05, 0) is 43.7 Å². The van der Waals surface area contributed by atoms with Crippen LogP contribution in [0.15, 0.2) is 78.9 Å². The predicted molar refractivity (Wildman–Crippen MR) is 113 cm³/mol. The number of hydrogen-bond acceptors (Lipinski definition) is 3. The van der Waals surface area contributed by atoms with Crippen molar-refractivity contribution >= 4 is 12.0 Å². The van der Waals surface area contributed by atoms with Crippen molar-refractivity contribution in [3.8, 4) is 6.07 Å². The molecule has 1 atom stereocenters. The number of hydrogen-bond donors (Lipinski definition) is 0. The quantitative estimate of drug-likeness (QED) is 0.303. The standard InChI is InChI=1S/C25H27NO2/c1-2-28-24(27)25(21-26,20-12-18-23-15-8-4-9-16-23)19-11-5-10-17-22-13-6-3-7-14-22/h3-4,6-9,11-16,18-19H,2,5,10,17,20H2,1H3/b18-12+,19-11+/t25-/m1/s1. The van der Waals surface area contributed by atoms with Crippen molar-refractivity contribution in [2.24, 2.45) is 5.41 Å². The summed E-state index contributed by atoms with van der Waals surface area (Å²) < 4.78 is 5.18. The lowest BCUT2D eigenvalue weighted by Gasteiger charge is -2.19. The van der Waals surface area contributed by atoms with Gasteiger partial charge in [0.25, 0.3) is 0 Å². The second kappa shape index (κ2) is 11.6. The summed E-state index contributed by atoms with van der Waals surface area (Å²) in [4.78, 5) is 12.5. The average molecular weight is 373 g/mol. The normalized spacial score (nSPS) is 13.3. The van der Waals surface area contributed by atoms with Crippen LogP contribution in [0.3, 0.4) is 0 Å². The van der Waals surface area contributed by atoms with Crippen LogP contribution in [0.2, 0.25) is 0 Å². The molecule has 0 aliphatic carbocycles. The third kappa shape index (κ3) is 6.55. The van der Waals surface area contributed by atoms with Gasteiger partial charge in [0.15, 0.2) is 5.41 Å². The number of unbranched alkanes of at least 4 members (excludes halogenated alkanes) is 1. The van der Waals surface area contributed by atoms with Gasteiger partial charge in [0.05, 0.1) is 12.7 Å². The highest BCUT2D eigenvalue weighted by atomic mass is 16.5. The first kappa shape index (κ1) is 21.2. The minimum atomic E-state index is -1.28. The fourth-order valence-corrected chi connectivity index (χ4v) is 2.91. The van der Waals surface area contributed by atoms with E-state index in [2.05, 4.69) is 18.2 Å². The fraction of sp³-hybridized carbons (Fsp3) is 0.280. The van der Waals surface area contributed by atoms with Crippen molar-refractivity contribution in [2.45, 2.75) is 32.6 Å². The number of aryl methyl sites for hydroxylation is 1. The zero-order valence-corrected chi connectivity index (χ0v) is 16.4. The minimum absolute atomic E-state index is 0.256. The van der Waals surface area contributed by atoms with Gasteiger partial charge in [-0.15, -0.1) is 0 Å². The smallest absolute Gasteiger partial charge is 0.330 e. The Morgan fingerprint density at radius 3 is 2.39 bits per heavy atom. The van der Waals surface area contributed by atoms with Gasteiger partial charge in [0, 0.05) is 0 Å². The largest absolute Gasteiger partial charge is 0.465 e. The van der Waals surface area contributed by atoms with Crippen molar-refractivity contribution in [3.63, 3.8) is 0 Å². The van der Waals surface area contributed by atoms with Crippen molar-refractivity contribution in [1.82, 2.24) is 0 Å². The van der Waals surface area contributed by atoms with E-state index < -0.39 is 11.4 Å². The number of rotatable bonds is 10. The van der Waals surface area contributed by atoms with Crippen LogP contribution in [0, 0.1) is 16.7 Å². The van der Waals surface area contributed by atoms with Crippen LogP contribution in [0.1, 0.15) is 37.3 Å². The Morgan fingerprint density at radius 1 is 1.07 bits per heavy atom. The summed E-state index contributed by atoms with van der Waals surface area (Å²) in [5, 5.41) is 9.77. The van der Waals surface area contributed by atoms with E-state index >= 15 is 0 Å². The molecule has 28 heavy (non-hydrogen) atoms. The third-order valence-electron chi connectivity index (χ3n) is 4.47. The summed E-state index contributed by atoms with van der Waals surface area (Å²) in [6, 6.07) is 22.3. The molecule has 0 aromatic heterocycles. The minimum Gasteiger partial charge on any atom is -0.465 e. The van der Waals surface area contributed by atoms with E-state index in [9.17, 15) is 10.1 Å². The van der Waals surface area contributed by atoms with Crippen LogP contribution in [-0.4, -0.2) is 12.6 Å². The van der Waals surface area contributed by atoms with E-state index in [1.807, 2.05) is 66.8 Å². The molecule has 144 valence electrons. The Kier molecular flexibility index (Phi) is 8.75. The van der Waals surface area contributed by atoms with Crippen LogP contribution in [0.4, 0.5) is 0 Å². The molecule has 0 N–H and O–H groups in total. The lowest BCUT2D eigenvalue weighted by atomic mass is 9.85. The Labute approximate surface area is 168 Å². The molecule has 0 amide bonds. The number of allylic oxidation sites excluding steroid dienone is 2. The van der Waals surface area contributed by atoms with E-state index in [-0.39, 0.29) is 13.0 Å². The summed E-state index contributed by atoms with van der Waals surface area (Å²) in [6.07, 6.45) is 10.5. The molecular weight excluding hydrogens is 346 g/mol. The van der Waals surface area contributed by atoms with Gasteiger partial charge in [-0.3, -0.25) is 0 Å². The molecule has 0 unspecified atom stereocenters. The highest BCUT2D eigenvalue weighted by molar-refractivity contribution is 5.83. The predicted octanol–water partition coefficient (Wildman–Crippen LogP) is 5.74. The van der Waals surface area contributed by atoms with Gasteiger partial charge < -0.3 is 4.74 Å². The summed E-state index contributed by atoms with van der Waals surface area (Å²) in [6.45, 7) is 2.01. The first-order valence-electron chi connectivity index (χ1n) is 9.72. The Morgan fingerprint density at radius 2 is 1.75 bits per heavy atom. The molecule has 0 bridgehead atoms. The lowest BCUT2D eigenvalue weighted by Crippen LogP contribution is -2.29. The van der Waals surface area contributed by atoms with Crippen LogP contribution in [-0.2, 0) is 16.0 Å². The molecule has 2 aromatic carbocycles. The zero-order valence-electron chi connectivity index (χ0n) is 16.4. The number of benzene rings is 2. The molecule has 0 saturated heterocycles. The summed E-state index contributed by atoms with van der Waals surface area (Å²) in [5.74, 6) is -0.491. The zero-order chi connectivity index (χ0) is 20.1. The number of nitrogens with zero attached hydrogens (tertiary/aromatic N) is 1. The van der Waals surface area contributed by atoms with Gasteiger partial charge in [-0.2, -0.15) is 5.26 Å². The van der Waals surface area contributed by atoms with Crippen LogP contribution < -0.4 is 0 Å². The van der Waals surface area contributed by atoms with E-state index in [0.29, 0.717) is 0 Å². The molecule has 0 fully saturated rings. The lowest BCUT2D eigenvalue weighted by molar-refractivity contribution is -0.149. The van der Waals surface area contributed by atoms with Gasteiger partial charge >= 0.3 is 5.97 Å². The molecule has 0 radical (unpaired) electrons. The topological polar surface area (TPSA) is 50.1 Å². The molecule has 0 aliphatic rings. The number of nitriles is 1. The molecule has 0 saturated carbocycles. The summed E-state index contributed by atoms with van der Waals surface area (Å²) >= 11 is 0. The van der Waals surface area contributed by atoms with E-state index in [1.165, 1.54) is 5.56 Å². The average Bonchev–Trinajstić information content (AvgIpc) is 2.74. The molecule has 3 heteroatoms. The maximum Gasteiger partial charge on any atom is 0.330 e. The maximum atomic E-state index is 12.5. The second-order valence-electron chi connectivity index (χ2n) is 6.60. The first-order valence-corrected chi connectivity index (χ1v) is 9.72. The highest BCUT2D eigenvalue weighted by Gasteiger charge is 2.36. The highest BCUT2D eigenvalue weighted by Crippen LogP contribution is 2.27. The SMILES string of the molecule is CCOC(=O)[C@](C#N)(/C=C/CCCc1ccccc1)C/C=C/c1ccccc1. The Bertz CT molecular complexity index is 819. The number of carbonyl (C=O) groups excluding carboxylic acids is 1. The fourth-order valence-electron chi connectivity index (χ4n) is 2.91. The van der Waals surface area contributed by atoms with Crippen molar-refractivity contribution in [1.29, 1.82) is 5.26 Å². The number of ether oxygens (including phenoxy) is 1. The van der Waals surface area contributed by atoms with Crippen LogP contribution in [0.25, 0.3) is 6.08 Å². The molecule has 0 heterocycles. The number of esters is 1. The molecular formula is C25H27NO2. The number of carbonyl (C=O) groups is 1. The molecule has 2 aromatic rings. The van der Waals surface area contributed by atoms with Crippen LogP contribution in [0.5, 0.6) is 0 Å². The summed E-state index contributed by atoms with van der Waals surface area (Å²) in [5.41, 5.74) is 1.04. The maximum absolute atomic E-state index is 12.5. The van der Waals surface area contributed by atoms with Gasteiger partial charge in [0.2, 0.25) is 0 Å². The first-order chi connectivity index (χ1) is 13.7. The molecule has 3 nitrogen and oxygen atoms in total. The van der Waals surface area contributed by atoms with E-state index in [4.69, 9.17) is 4.74 Å². The summed E-state index contributed by atoms with van der Waals surface area (Å²) in [7, 11) is 0. The molecule has 0 aliphatic heterocycles. The van der Waals surface area contributed by atoms with E-state index in [0.717, 1.165) is 24.8 Å². The van der Waals surface area contributed by atoms with Crippen molar-refractivity contribution < 1.29 is 9.53 Å². The van der Waals surface area contributed by atoms with Gasteiger partial charge in [-0.1, -0.05) is 85.0 Å². The Balaban J connectivity index is 2.01.